The Hall–Kier alpha value is -1.84. The maximum absolute atomic E-state index is 11.9. The van der Waals surface area contributed by atoms with Crippen molar-refractivity contribution in [3.05, 3.63) is 0 Å². The van der Waals surface area contributed by atoms with Crippen LogP contribution in [0.1, 0.15) is 0 Å². The first-order valence-corrected chi connectivity index (χ1v) is 31.7. The van der Waals surface area contributed by atoms with E-state index in [1.807, 2.05) is 0 Å². The first-order valence-electron chi connectivity index (χ1n) is 31.7. The molecule has 0 spiro atoms. The van der Waals surface area contributed by atoms with Gasteiger partial charge in [-0.3, -0.25) is 0 Å². The van der Waals surface area contributed by atoms with Crippen LogP contribution in [0.4, 0.5) is 0 Å². The zero-order valence-corrected chi connectivity index (χ0v) is 52.3. The highest BCUT2D eigenvalue weighted by molar-refractivity contribution is 5.03. The van der Waals surface area contributed by atoms with E-state index in [1.165, 1.54) is 0 Å². The van der Waals surface area contributed by atoms with Crippen molar-refractivity contribution in [2.45, 2.75) is 276 Å². The molecule has 9 rings (SSSR count). The largest absolute Gasteiger partial charge is 0.394 e. The summed E-state index contributed by atoms with van der Waals surface area (Å²) in [5.74, 6) is 0. The summed E-state index contributed by atoms with van der Waals surface area (Å²) in [6.07, 6.45) is -98.0. The topological polar surface area (TPSA) is 744 Å². The third kappa shape index (κ3) is 16.7. The SMILES string of the molecule is OC[C@H]1O[C@@H](O[C@H]2[C@H](O[C@H]3[C@H](O[C@H]4[C@H](O[C@H]5[C@H](O[C@H]6[C@H](O[C@H]7[C@H](O[C@H]8[C@H](O[C@H]9C(O)O[C@H](CO)[C@@H](O)[C@@H]9O)O[C@H](CO)[C@@H](O)[C@@H]8O)O[C@H](CO)[C@@H](O)[C@@H]7O)O[C@H](CO)[C@@H](O)[C@@H]6O)O[C@H](CO)[C@@H](O)[C@@H]5O)O[C@H](CO)[C@@H](O)[C@@H]4O)O[C@H](CO)[C@@H](O)[C@@H]3O)O[C@H](CO)[C@@H](O)[C@@H]2O)[C@H](O)[C@@H](O)[C@@H]1O. The summed E-state index contributed by atoms with van der Waals surface area (Å²) in [4.78, 5) is 0. The molecule has 0 bridgehead atoms. The molecule has 29 N–H and O–H groups in total. The minimum Gasteiger partial charge on any atom is -0.394 e. The zero-order valence-electron chi connectivity index (χ0n) is 52.3. The Labute approximate surface area is 563 Å². The van der Waals surface area contributed by atoms with Gasteiger partial charge in [0.1, 0.15) is 220 Å². The number of aliphatic hydroxyl groups is 29. The monoisotopic (exact) mass is 1480 g/mol. The molecule has 45 atom stereocenters. The van der Waals surface area contributed by atoms with E-state index in [0.29, 0.717) is 0 Å². The molecule has 0 aromatic rings. The van der Waals surface area contributed by atoms with Crippen LogP contribution in [0.2, 0.25) is 0 Å². The fourth-order valence-corrected chi connectivity index (χ4v) is 12.8. The second kappa shape index (κ2) is 35.5. The van der Waals surface area contributed by atoms with Crippen LogP contribution >= 0.6 is 0 Å². The molecule has 0 amide bonds. The Morgan fingerprint density at radius 3 is 0.480 bits per heavy atom. The zero-order chi connectivity index (χ0) is 73.4. The summed E-state index contributed by atoms with van der Waals surface area (Å²) in [5, 5.41) is 316. The average molecular weight is 1480 g/mol. The van der Waals surface area contributed by atoms with E-state index in [0.717, 1.165) is 0 Å². The Bertz CT molecular complexity index is 2460. The Morgan fingerprint density at radius 2 is 0.290 bits per heavy atom. The van der Waals surface area contributed by atoms with E-state index in [1.54, 1.807) is 0 Å². The lowest BCUT2D eigenvalue weighted by molar-refractivity contribution is -0.424. The number of hydrogen-bond donors (Lipinski definition) is 29. The highest BCUT2D eigenvalue weighted by Crippen LogP contribution is 2.41. The van der Waals surface area contributed by atoms with Crippen molar-refractivity contribution >= 4 is 0 Å². The van der Waals surface area contributed by atoms with Gasteiger partial charge in [-0.05, 0) is 0 Å². The molecule has 0 aliphatic carbocycles. The first kappa shape index (κ1) is 82.2. The van der Waals surface area contributed by atoms with Gasteiger partial charge in [0.15, 0.2) is 56.6 Å². The second-order valence-corrected chi connectivity index (χ2v) is 25.2. The van der Waals surface area contributed by atoms with Crippen LogP contribution in [0.15, 0.2) is 0 Å². The standard InChI is InChI=1S/C54H92O46/c55-1-10-20(65)29(74)38(46(83)84-10)93-48-40(31(76)22(67)12(3-57)86-48)95-50-42(33(78)24(69)14(5-59)88-50)97-52-44(35(80)26(71)16(7-61)90-52)99-54-45(36(81)27(72)18(9-63)92-54)100-53-43(34(79)25(70)17(8-62)91-53)98-51-41(32(77)23(68)15(6-60)89-51)96-49-39(30(75)21(66)13(4-58)87-49)94-47-37(82)28(73)19(64)11(2-56)85-47/h10-83H,1-9H2/t10-,11-,12-,13-,14-,15-,16-,17-,18-,19-,20-,21-,22-,23-,24-,25-,26-,27-,28+,29+,30+,31+,32+,33+,34+,35+,36+,37-,38-,39-,40-,41-,42-,43-,44-,45-,46?,47+,48+,49+,50+,51+,52+,53+,54+/m1/s1. The van der Waals surface area contributed by atoms with Gasteiger partial charge in [0.2, 0.25) is 0 Å². The summed E-state index contributed by atoms with van der Waals surface area (Å²) in [5.41, 5.74) is 0. The molecular formula is C54H92O46. The van der Waals surface area contributed by atoms with Crippen molar-refractivity contribution in [1.29, 1.82) is 0 Å². The van der Waals surface area contributed by atoms with E-state index < -0.39 is 336 Å². The van der Waals surface area contributed by atoms with E-state index >= 15 is 0 Å². The lowest BCUT2D eigenvalue weighted by atomic mass is 9.95. The molecule has 46 heteroatoms. The summed E-state index contributed by atoms with van der Waals surface area (Å²) in [6.45, 7) is -9.92. The molecule has 46 nitrogen and oxygen atoms in total. The molecule has 9 heterocycles. The smallest absolute Gasteiger partial charge is 0.187 e. The van der Waals surface area contributed by atoms with Crippen LogP contribution in [0.5, 0.6) is 0 Å². The van der Waals surface area contributed by atoms with Crippen molar-refractivity contribution in [3.8, 4) is 0 Å². The lowest BCUT2D eigenvalue weighted by Gasteiger charge is -2.51. The average Bonchev–Trinajstić information content (AvgIpc) is 0.768. The van der Waals surface area contributed by atoms with Crippen LogP contribution in [-0.2, 0) is 80.5 Å². The maximum Gasteiger partial charge on any atom is 0.187 e. The van der Waals surface area contributed by atoms with Gasteiger partial charge in [0.25, 0.3) is 0 Å². The Kier molecular flexibility index (Phi) is 29.2. The van der Waals surface area contributed by atoms with E-state index in [-0.39, 0.29) is 0 Å². The van der Waals surface area contributed by atoms with Crippen molar-refractivity contribution in [1.82, 2.24) is 0 Å². The Balaban J connectivity index is 1.02. The molecule has 9 fully saturated rings. The van der Waals surface area contributed by atoms with Crippen molar-refractivity contribution in [3.63, 3.8) is 0 Å². The molecule has 0 aromatic carbocycles. The highest BCUT2D eigenvalue weighted by atomic mass is 16.8. The van der Waals surface area contributed by atoms with E-state index in [2.05, 4.69) is 0 Å². The van der Waals surface area contributed by atoms with Crippen LogP contribution in [0.3, 0.4) is 0 Å². The van der Waals surface area contributed by atoms with Gasteiger partial charge in [0, 0.05) is 0 Å². The van der Waals surface area contributed by atoms with Crippen LogP contribution < -0.4 is 0 Å². The van der Waals surface area contributed by atoms with Gasteiger partial charge in [0.05, 0.1) is 59.5 Å². The van der Waals surface area contributed by atoms with Crippen LogP contribution in [0.25, 0.3) is 0 Å². The Morgan fingerprint density at radius 1 is 0.150 bits per heavy atom. The summed E-state index contributed by atoms with van der Waals surface area (Å²) in [6, 6.07) is 0. The predicted molar refractivity (Wildman–Crippen MR) is 297 cm³/mol. The minimum absolute atomic E-state index is 0.927. The van der Waals surface area contributed by atoms with Crippen LogP contribution in [0, 0.1) is 0 Å². The third-order valence-corrected chi connectivity index (χ3v) is 18.8. The maximum atomic E-state index is 11.9. The summed E-state index contributed by atoms with van der Waals surface area (Å²) >= 11 is 0. The summed E-state index contributed by atoms with van der Waals surface area (Å²) < 4.78 is 98.7. The van der Waals surface area contributed by atoms with E-state index in [9.17, 15) is 148 Å². The van der Waals surface area contributed by atoms with Gasteiger partial charge in [-0.1, -0.05) is 0 Å². The molecule has 0 aromatic heterocycles. The molecule has 1 unspecified atom stereocenters. The summed E-state index contributed by atoms with van der Waals surface area (Å²) in [7, 11) is 0. The van der Waals surface area contributed by atoms with Gasteiger partial charge < -0.3 is 229 Å². The fourth-order valence-electron chi connectivity index (χ4n) is 12.8. The quantitative estimate of drug-likeness (QED) is 0.0404. The molecule has 0 saturated carbocycles. The highest BCUT2D eigenvalue weighted by Gasteiger charge is 2.61. The number of hydrogen-bond acceptors (Lipinski definition) is 46. The van der Waals surface area contributed by atoms with Crippen molar-refractivity contribution in [2.24, 2.45) is 0 Å². The number of ether oxygens (including phenoxy) is 17. The molecule has 0 radical (unpaired) electrons. The molecule has 9 aliphatic heterocycles. The molecular weight excluding hydrogens is 1380 g/mol. The molecule has 100 heavy (non-hydrogen) atoms. The lowest BCUT2D eigenvalue weighted by Crippen LogP contribution is -2.69. The molecule has 9 saturated heterocycles. The predicted octanol–water partition coefficient (Wildman–Crippen LogP) is -20.6. The van der Waals surface area contributed by atoms with Crippen LogP contribution in [-0.4, -0.2) is 484 Å². The van der Waals surface area contributed by atoms with Crippen molar-refractivity contribution < 1.29 is 229 Å². The third-order valence-electron chi connectivity index (χ3n) is 18.8. The van der Waals surface area contributed by atoms with E-state index in [4.69, 9.17) is 80.5 Å². The van der Waals surface area contributed by atoms with Gasteiger partial charge in [-0.25, -0.2) is 0 Å². The number of aliphatic hydroxyl groups excluding tert-OH is 29. The molecule has 9 aliphatic rings. The fraction of sp³-hybridized carbons (Fsp3) is 1.00. The van der Waals surface area contributed by atoms with Gasteiger partial charge >= 0.3 is 0 Å². The normalized spacial score (nSPS) is 53.7. The second-order valence-electron chi connectivity index (χ2n) is 25.2. The molecule has 584 valence electrons. The van der Waals surface area contributed by atoms with Gasteiger partial charge in [-0.2, -0.15) is 0 Å². The first-order chi connectivity index (χ1) is 47.5. The minimum atomic E-state index is -2.47. The van der Waals surface area contributed by atoms with Crippen molar-refractivity contribution in [2.75, 3.05) is 59.5 Å². The number of rotatable bonds is 25. The van der Waals surface area contributed by atoms with Gasteiger partial charge in [-0.15, -0.1) is 0 Å².